The van der Waals surface area contributed by atoms with E-state index in [4.69, 9.17) is 4.74 Å². The van der Waals surface area contributed by atoms with Gasteiger partial charge >= 0.3 is 5.97 Å². The van der Waals surface area contributed by atoms with E-state index in [2.05, 4.69) is 4.74 Å². The molecule has 0 saturated carbocycles. The zero-order chi connectivity index (χ0) is 12.1. The van der Waals surface area contributed by atoms with E-state index in [9.17, 15) is 9.18 Å². The number of ether oxygens (including phenoxy) is 2. The molecule has 3 nitrogen and oxygen atoms in total. The molecule has 0 spiro atoms. The van der Waals surface area contributed by atoms with E-state index in [-0.39, 0.29) is 11.3 Å². The number of esters is 1. The fraction of sp³-hybridized carbons (Fsp3) is 0.417. The van der Waals surface area contributed by atoms with Crippen molar-refractivity contribution in [1.29, 1.82) is 0 Å². The van der Waals surface area contributed by atoms with Crippen molar-refractivity contribution in [2.45, 2.75) is 20.3 Å². The zero-order valence-electron chi connectivity index (χ0n) is 9.67. The molecule has 1 rings (SSSR count). The average molecular weight is 226 g/mol. The zero-order valence-corrected chi connectivity index (χ0v) is 9.67. The summed E-state index contributed by atoms with van der Waals surface area (Å²) in [7, 11) is 1.26. The molecule has 0 radical (unpaired) electrons. The summed E-state index contributed by atoms with van der Waals surface area (Å²) in [5.41, 5.74) is 0.801. The van der Waals surface area contributed by atoms with Crippen LogP contribution in [0.4, 0.5) is 4.39 Å². The minimum Gasteiger partial charge on any atom is -0.490 e. The molecule has 0 saturated heterocycles. The second kappa shape index (κ2) is 5.49. The van der Waals surface area contributed by atoms with Crippen molar-refractivity contribution in [3.63, 3.8) is 0 Å². The van der Waals surface area contributed by atoms with Crippen LogP contribution in [-0.2, 0) is 4.74 Å². The van der Waals surface area contributed by atoms with Crippen LogP contribution in [0, 0.1) is 12.7 Å². The standard InChI is InChI=1S/C12H15FO3/c1-4-7-16-11-9(13)6-5-8(2)10(11)12(14)15-3/h5-6H,4,7H2,1-3H3. The van der Waals surface area contributed by atoms with E-state index >= 15 is 0 Å². The van der Waals surface area contributed by atoms with E-state index in [0.717, 1.165) is 6.42 Å². The quantitative estimate of drug-likeness (QED) is 0.740. The molecular formula is C12H15FO3. The summed E-state index contributed by atoms with van der Waals surface area (Å²) in [6.45, 7) is 3.99. The normalized spacial score (nSPS) is 10.0. The number of methoxy groups -OCH3 is 1. The molecule has 0 N–H and O–H groups in total. The summed E-state index contributed by atoms with van der Waals surface area (Å²) in [5.74, 6) is -1.14. The fourth-order valence-electron chi connectivity index (χ4n) is 1.36. The summed E-state index contributed by atoms with van der Waals surface area (Å²) in [4.78, 5) is 11.5. The van der Waals surface area contributed by atoms with Gasteiger partial charge in [-0.15, -0.1) is 0 Å². The highest BCUT2D eigenvalue weighted by Gasteiger charge is 2.19. The van der Waals surface area contributed by atoms with Crippen LogP contribution < -0.4 is 4.74 Å². The number of hydrogen-bond donors (Lipinski definition) is 0. The number of aryl methyl sites for hydroxylation is 1. The molecule has 0 aliphatic heterocycles. The van der Waals surface area contributed by atoms with Crippen LogP contribution in [-0.4, -0.2) is 19.7 Å². The maximum atomic E-state index is 13.5. The van der Waals surface area contributed by atoms with Gasteiger partial charge in [-0.25, -0.2) is 9.18 Å². The predicted octanol–water partition coefficient (Wildman–Crippen LogP) is 2.71. The first-order chi connectivity index (χ1) is 7.61. The maximum Gasteiger partial charge on any atom is 0.342 e. The number of carbonyl (C=O) groups is 1. The summed E-state index contributed by atoms with van der Waals surface area (Å²) in [6, 6.07) is 2.81. The molecule has 0 amide bonds. The van der Waals surface area contributed by atoms with Gasteiger partial charge in [0, 0.05) is 0 Å². The molecule has 0 aliphatic rings. The maximum absolute atomic E-state index is 13.5. The monoisotopic (exact) mass is 226 g/mol. The van der Waals surface area contributed by atoms with Gasteiger partial charge in [0.2, 0.25) is 0 Å². The van der Waals surface area contributed by atoms with E-state index in [1.807, 2.05) is 6.92 Å². The summed E-state index contributed by atoms with van der Waals surface area (Å²) < 4.78 is 23.4. The third-order valence-electron chi connectivity index (χ3n) is 2.16. The molecule has 0 aliphatic carbocycles. The van der Waals surface area contributed by atoms with Gasteiger partial charge in [0.25, 0.3) is 0 Å². The Balaban J connectivity index is 3.19. The van der Waals surface area contributed by atoms with Gasteiger partial charge in [0.1, 0.15) is 5.56 Å². The average Bonchev–Trinajstić information content (AvgIpc) is 2.29. The SMILES string of the molecule is CCCOc1c(F)ccc(C)c1C(=O)OC. The molecule has 0 bridgehead atoms. The highest BCUT2D eigenvalue weighted by molar-refractivity contribution is 5.94. The molecule has 0 heterocycles. The summed E-state index contributed by atoms with van der Waals surface area (Å²) in [5, 5.41) is 0. The van der Waals surface area contributed by atoms with Crippen molar-refractivity contribution in [2.24, 2.45) is 0 Å². The van der Waals surface area contributed by atoms with E-state index in [0.29, 0.717) is 12.2 Å². The molecule has 4 heteroatoms. The van der Waals surface area contributed by atoms with Gasteiger partial charge in [-0.3, -0.25) is 0 Å². The Hall–Kier alpha value is -1.58. The molecule has 16 heavy (non-hydrogen) atoms. The van der Waals surface area contributed by atoms with Crippen molar-refractivity contribution < 1.29 is 18.7 Å². The van der Waals surface area contributed by atoms with Crippen molar-refractivity contribution in [2.75, 3.05) is 13.7 Å². The van der Waals surface area contributed by atoms with E-state index < -0.39 is 11.8 Å². The summed E-state index contributed by atoms with van der Waals surface area (Å²) >= 11 is 0. The third-order valence-corrected chi connectivity index (χ3v) is 2.16. The van der Waals surface area contributed by atoms with Gasteiger partial charge in [-0.2, -0.15) is 0 Å². The molecule has 1 aromatic rings. The molecule has 1 aromatic carbocycles. The van der Waals surface area contributed by atoms with Crippen LogP contribution in [0.25, 0.3) is 0 Å². The van der Waals surface area contributed by atoms with Crippen LogP contribution in [0.2, 0.25) is 0 Å². The second-order valence-electron chi connectivity index (χ2n) is 3.41. The molecular weight excluding hydrogens is 211 g/mol. The van der Waals surface area contributed by atoms with Gasteiger partial charge in [-0.1, -0.05) is 13.0 Å². The molecule has 88 valence electrons. The largest absolute Gasteiger partial charge is 0.490 e. The number of hydrogen-bond acceptors (Lipinski definition) is 3. The lowest BCUT2D eigenvalue weighted by Crippen LogP contribution is -2.10. The number of rotatable bonds is 4. The minimum atomic E-state index is -0.580. The summed E-state index contributed by atoms with van der Waals surface area (Å²) in [6.07, 6.45) is 0.744. The Morgan fingerprint density at radius 3 is 2.69 bits per heavy atom. The molecule has 0 aromatic heterocycles. The van der Waals surface area contributed by atoms with Crippen LogP contribution in [0.15, 0.2) is 12.1 Å². The first-order valence-corrected chi connectivity index (χ1v) is 5.12. The van der Waals surface area contributed by atoms with Gasteiger partial charge < -0.3 is 9.47 Å². The lowest BCUT2D eigenvalue weighted by atomic mass is 10.1. The van der Waals surface area contributed by atoms with Crippen LogP contribution in [0.5, 0.6) is 5.75 Å². The van der Waals surface area contributed by atoms with Crippen LogP contribution in [0.1, 0.15) is 29.3 Å². The Morgan fingerprint density at radius 2 is 2.12 bits per heavy atom. The van der Waals surface area contributed by atoms with Crippen molar-refractivity contribution in [3.8, 4) is 5.75 Å². The first-order valence-electron chi connectivity index (χ1n) is 5.12. The van der Waals surface area contributed by atoms with E-state index in [1.54, 1.807) is 6.92 Å². The lowest BCUT2D eigenvalue weighted by molar-refractivity contribution is 0.0594. The lowest BCUT2D eigenvalue weighted by Gasteiger charge is -2.12. The van der Waals surface area contributed by atoms with Crippen molar-refractivity contribution >= 4 is 5.97 Å². The van der Waals surface area contributed by atoms with Crippen LogP contribution in [0.3, 0.4) is 0 Å². The van der Waals surface area contributed by atoms with Crippen LogP contribution >= 0.6 is 0 Å². The topological polar surface area (TPSA) is 35.5 Å². The van der Waals surface area contributed by atoms with Crippen molar-refractivity contribution in [3.05, 3.63) is 29.1 Å². The highest BCUT2D eigenvalue weighted by atomic mass is 19.1. The van der Waals surface area contributed by atoms with Gasteiger partial charge in [0.05, 0.1) is 13.7 Å². The second-order valence-corrected chi connectivity index (χ2v) is 3.41. The van der Waals surface area contributed by atoms with E-state index in [1.165, 1.54) is 19.2 Å². The number of benzene rings is 1. The molecule has 0 atom stereocenters. The fourth-order valence-corrected chi connectivity index (χ4v) is 1.36. The predicted molar refractivity (Wildman–Crippen MR) is 58.3 cm³/mol. The van der Waals surface area contributed by atoms with Gasteiger partial charge in [0.15, 0.2) is 11.6 Å². The first kappa shape index (κ1) is 12.5. The Labute approximate surface area is 94.2 Å². The van der Waals surface area contributed by atoms with Gasteiger partial charge in [-0.05, 0) is 25.0 Å². The van der Waals surface area contributed by atoms with Crippen molar-refractivity contribution in [1.82, 2.24) is 0 Å². The third kappa shape index (κ3) is 2.51. The Morgan fingerprint density at radius 1 is 1.44 bits per heavy atom. The Kier molecular flexibility index (Phi) is 4.28. The number of halogens is 1. The molecule has 0 unspecified atom stereocenters. The minimum absolute atomic E-state index is 0.0197. The smallest absolute Gasteiger partial charge is 0.342 e. The Bertz CT molecular complexity index is 388. The number of carbonyl (C=O) groups excluding carboxylic acids is 1. The highest BCUT2D eigenvalue weighted by Crippen LogP contribution is 2.26. The molecule has 0 fully saturated rings.